The van der Waals surface area contributed by atoms with E-state index in [0.717, 1.165) is 0 Å². The maximum atomic E-state index is 12.3. The molecule has 0 aliphatic heterocycles. The third-order valence-corrected chi connectivity index (χ3v) is 3.59. The van der Waals surface area contributed by atoms with Gasteiger partial charge in [0.2, 0.25) is 0 Å². The predicted octanol–water partition coefficient (Wildman–Crippen LogP) is 1.66. The van der Waals surface area contributed by atoms with E-state index in [2.05, 4.69) is 5.32 Å². The third-order valence-electron chi connectivity index (χ3n) is 3.34. The van der Waals surface area contributed by atoms with Crippen molar-refractivity contribution in [2.24, 2.45) is 5.92 Å². The smallest absolute Gasteiger partial charge is 0.327 e. The normalized spacial score (nSPS) is 12.6. The van der Waals surface area contributed by atoms with Crippen LogP contribution in [-0.4, -0.2) is 48.2 Å². The lowest BCUT2D eigenvalue weighted by atomic mass is 9.95. The number of ether oxygens (including phenoxy) is 2. The number of hydrogen-bond donors (Lipinski definition) is 2. The van der Waals surface area contributed by atoms with Crippen LogP contribution in [-0.2, 0) is 23.9 Å². The van der Waals surface area contributed by atoms with E-state index in [1.807, 2.05) is 0 Å². The molecule has 26 heavy (non-hydrogen) atoms. The second kappa shape index (κ2) is 10.4. The number of nitrogens with one attached hydrogen (secondary N) is 1. The number of rotatable bonds is 9. The summed E-state index contributed by atoms with van der Waals surface area (Å²) in [5, 5.41) is 12.1. The molecule has 9 heteroatoms. The molecule has 142 valence electrons. The summed E-state index contributed by atoms with van der Waals surface area (Å²) in [6.07, 6.45) is -0.537. The van der Waals surface area contributed by atoms with Gasteiger partial charge in [0, 0.05) is 10.6 Å². The van der Waals surface area contributed by atoms with Crippen molar-refractivity contribution in [3.05, 3.63) is 34.9 Å². The minimum atomic E-state index is -1.67. The first-order valence-electron chi connectivity index (χ1n) is 7.91. The number of benzene rings is 1. The van der Waals surface area contributed by atoms with Gasteiger partial charge in [0.05, 0.1) is 25.6 Å². The highest BCUT2D eigenvalue weighted by atomic mass is 35.5. The Morgan fingerprint density at radius 2 is 1.65 bits per heavy atom. The highest BCUT2D eigenvalue weighted by molar-refractivity contribution is 6.30. The lowest BCUT2D eigenvalue weighted by molar-refractivity contribution is -0.159. The first kappa shape index (κ1) is 21.4. The second-order valence-electron chi connectivity index (χ2n) is 5.16. The highest BCUT2D eigenvalue weighted by Gasteiger charge is 2.38. The van der Waals surface area contributed by atoms with Gasteiger partial charge in [0.25, 0.3) is 5.91 Å². The van der Waals surface area contributed by atoms with Gasteiger partial charge >= 0.3 is 17.9 Å². The predicted molar refractivity (Wildman–Crippen MR) is 91.7 cm³/mol. The number of hydrogen-bond acceptors (Lipinski definition) is 6. The second-order valence-corrected chi connectivity index (χ2v) is 5.60. The maximum absolute atomic E-state index is 12.3. The number of carbonyl (C=O) groups is 4. The van der Waals surface area contributed by atoms with Gasteiger partial charge < -0.3 is 19.9 Å². The van der Waals surface area contributed by atoms with Crippen LogP contribution in [0.3, 0.4) is 0 Å². The minimum Gasteiger partial charge on any atom is -0.480 e. The topological polar surface area (TPSA) is 119 Å². The number of esters is 2. The molecule has 0 heterocycles. The molecular formula is C17H20ClNO7. The lowest BCUT2D eigenvalue weighted by Gasteiger charge is -2.22. The van der Waals surface area contributed by atoms with Crippen molar-refractivity contribution in [1.82, 2.24) is 5.32 Å². The highest BCUT2D eigenvalue weighted by Crippen LogP contribution is 2.16. The average Bonchev–Trinajstić information content (AvgIpc) is 2.58. The molecule has 0 bridgehead atoms. The van der Waals surface area contributed by atoms with Crippen molar-refractivity contribution in [2.75, 3.05) is 13.2 Å². The maximum Gasteiger partial charge on any atom is 0.327 e. The van der Waals surface area contributed by atoms with Crippen molar-refractivity contribution in [3.8, 4) is 0 Å². The van der Waals surface area contributed by atoms with Crippen LogP contribution < -0.4 is 5.32 Å². The summed E-state index contributed by atoms with van der Waals surface area (Å²) in [4.78, 5) is 47.8. The van der Waals surface area contributed by atoms with Crippen LogP contribution in [0.5, 0.6) is 0 Å². The first-order chi connectivity index (χ1) is 12.3. The number of aliphatic carboxylic acids is 1. The van der Waals surface area contributed by atoms with Gasteiger partial charge in [-0.3, -0.25) is 14.4 Å². The Hall–Kier alpha value is -2.61. The summed E-state index contributed by atoms with van der Waals surface area (Å²) in [6.45, 7) is 3.19. The molecule has 0 aromatic heterocycles. The summed E-state index contributed by atoms with van der Waals surface area (Å²) < 4.78 is 9.60. The van der Waals surface area contributed by atoms with Gasteiger partial charge in [0.15, 0.2) is 0 Å². The van der Waals surface area contributed by atoms with Gasteiger partial charge in [-0.1, -0.05) is 11.6 Å². The molecule has 0 aliphatic rings. The van der Waals surface area contributed by atoms with Gasteiger partial charge in [-0.25, -0.2) is 4.79 Å². The van der Waals surface area contributed by atoms with Crippen LogP contribution in [0.4, 0.5) is 0 Å². The molecule has 0 aliphatic carbocycles. The van der Waals surface area contributed by atoms with E-state index in [1.54, 1.807) is 13.8 Å². The number of carboxylic acid groups (broad SMARTS) is 1. The van der Waals surface area contributed by atoms with Crippen molar-refractivity contribution in [2.45, 2.75) is 26.3 Å². The molecule has 0 saturated heterocycles. The first-order valence-corrected chi connectivity index (χ1v) is 8.29. The van der Waals surface area contributed by atoms with E-state index in [0.29, 0.717) is 5.02 Å². The molecule has 0 unspecified atom stereocenters. The van der Waals surface area contributed by atoms with Crippen molar-refractivity contribution >= 4 is 35.4 Å². The largest absolute Gasteiger partial charge is 0.480 e. The average molecular weight is 386 g/mol. The zero-order valence-electron chi connectivity index (χ0n) is 14.4. The summed E-state index contributed by atoms with van der Waals surface area (Å²) in [5.74, 6) is -5.31. The summed E-state index contributed by atoms with van der Waals surface area (Å²) in [5.41, 5.74) is 0.152. The Bertz CT molecular complexity index is 660. The van der Waals surface area contributed by atoms with E-state index < -0.39 is 42.2 Å². The molecule has 1 aromatic rings. The van der Waals surface area contributed by atoms with E-state index >= 15 is 0 Å². The molecule has 0 spiro atoms. The van der Waals surface area contributed by atoms with Crippen LogP contribution in [0.25, 0.3) is 0 Å². The van der Waals surface area contributed by atoms with Gasteiger partial charge in [-0.15, -0.1) is 0 Å². The molecule has 0 saturated carbocycles. The van der Waals surface area contributed by atoms with E-state index in [4.69, 9.17) is 21.1 Å². The Morgan fingerprint density at radius 1 is 1.08 bits per heavy atom. The molecule has 1 aromatic carbocycles. The lowest BCUT2D eigenvalue weighted by Crippen LogP contribution is -2.49. The zero-order valence-corrected chi connectivity index (χ0v) is 15.1. The SMILES string of the molecule is CCOC(=O)C[C@H](C(=O)OCC)[C@H](NC(=O)c1ccc(Cl)cc1)C(=O)O. The fourth-order valence-corrected chi connectivity index (χ4v) is 2.27. The van der Waals surface area contributed by atoms with Crippen LogP contribution >= 0.6 is 11.6 Å². The molecule has 1 rings (SSSR count). The number of carboxylic acids is 1. The van der Waals surface area contributed by atoms with Crippen LogP contribution in [0.1, 0.15) is 30.6 Å². The molecule has 1 amide bonds. The Labute approximate surface area is 155 Å². The molecule has 2 atom stereocenters. The zero-order chi connectivity index (χ0) is 19.7. The molecular weight excluding hydrogens is 366 g/mol. The van der Waals surface area contributed by atoms with Gasteiger partial charge in [-0.2, -0.15) is 0 Å². The van der Waals surface area contributed by atoms with Crippen molar-refractivity contribution in [3.63, 3.8) is 0 Å². The Balaban J connectivity index is 3.03. The molecule has 0 radical (unpaired) electrons. The number of halogens is 1. The fraction of sp³-hybridized carbons (Fsp3) is 0.412. The van der Waals surface area contributed by atoms with Gasteiger partial charge in [-0.05, 0) is 38.1 Å². The number of amides is 1. The Kier molecular flexibility index (Phi) is 8.57. The minimum absolute atomic E-state index is 0.00434. The quantitative estimate of drug-likeness (QED) is 0.620. The molecule has 8 nitrogen and oxygen atoms in total. The van der Waals surface area contributed by atoms with Crippen LogP contribution in [0.2, 0.25) is 5.02 Å². The molecule has 0 fully saturated rings. The third kappa shape index (κ3) is 6.36. The van der Waals surface area contributed by atoms with Gasteiger partial charge in [0.1, 0.15) is 6.04 Å². The van der Waals surface area contributed by atoms with Crippen molar-refractivity contribution in [1.29, 1.82) is 0 Å². The van der Waals surface area contributed by atoms with Crippen LogP contribution in [0, 0.1) is 5.92 Å². The van der Waals surface area contributed by atoms with E-state index in [1.165, 1.54) is 24.3 Å². The number of carbonyl (C=O) groups excluding carboxylic acids is 3. The summed E-state index contributed by atoms with van der Waals surface area (Å²) in [6, 6.07) is 4.07. The van der Waals surface area contributed by atoms with Crippen LogP contribution in [0.15, 0.2) is 24.3 Å². The summed E-state index contributed by atoms with van der Waals surface area (Å²) >= 11 is 5.75. The monoisotopic (exact) mass is 385 g/mol. The van der Waals surface area contributed by atoms with E-state index in [-0.39, 0.29) is 18.8 Å². The van der Waals surface area contributed by atoms with Crippen molar-refractivity contribution < 1.29 is 33.8 Å². The standard InChI is InChI=1S/C17H20ClNO7/c1-3-25-13(20)9-12(17(24)26-4-2)14(16(22)23)19-15(21)10-5-7-11(18)8-6-10/h5-8,12,14H,3-4,9H2,1-2H3,(H,19,21)(H,22,23)/t12-,14-/m0/s1. The fourth-order valence-electron chi connectivity index (χ4n) is 2.15. The van der Waals surface area contributed by atoms with E-state index in [9.17, 15) is 24.3 Å². The summed E-state index contributed by atoms with van der Waals surface area (Å²) in [7, 11) is 0. The Morgan fingerprint density at radius 3 is 2.15 bits per heavy atom. The molecule has 2 N–H and O–H groups in total.